The first-order valence-corrected chi connectivity index (χ1v) is 9.31. The normalized spacial score (nSPS) is 13.7. The lowest BCUT2D eigenvalue weighted by atomic mass is 9.93. The molecule has 0 saturated heterocycles. The van der Waals surface area contributed by atoms with Crippen LogP contribution in [0.5, 0.6) is 0 Å². The van der Waals surface area contributed by atoms with Crippen LogP contribution in [0.3, 0.4) is 0 Å². The smallest absolute Gasteiger partial charge is 0.0815 e. The maximum absolute atomic E-state index is 6.46. The highest BCUT2D eigenvalue weighted by Crippen LogP contribution is 2.23. The molecule has 2 rings (SSSR count). The van der Waals surface area contributed by atoms with Gasteiger partial charge in [0.15, 0.2) is 0 Å². The molecule has 130 valence electrons. The van der Waals surface area contributed by atoms with Crippen molar-refractivity contribution in [3.8, 4) is 0 Å². The standard InChI is InChI=1S/C22H32N2/c1-4-6-11-18-12-7-10-15-21(18)22(23)24-16-19-13-8-9-14-20(19)17(3)5-2/h7-10,12-15,17,22,24H,4-6,11,16,23H2,1-3H3. The van der Waals surface area contributed by atoms with Gasteiger partial charge in [0.1, 0.15) is 0 Å². The van der Waals surface area contributed by atoms with Gasteiger partial charge in [-0.3, -0.25) is 5.32 Å². The molecular formula is C22H32N2. The zero-order valence-electron chi connectivity index (χ0n) is 15.4. The molecule has 2 aromatic carbocycles. The Balaban J connectivity index is 2.08. The molecule has 0 aliphatic heterocycles. The molecular weight excluding hydrogens is 292 g/mol. The van der Waals surface area contributed by atoms with Gasteiger partial charge in [0.2, 0.25) is 0 Å². The summed E-state index contributed by atoms with van der Waals surface area (Å²) < 4.78 is 0. The molecule has 0 aliphatic rings. The Bertz CT molecular complexity index is 621. The number of unbranched alkanes of at least 4 members (excludes halogenated alkanes) is 1. The molecule has 0 saturated carbocycles. The summed E-state index contributed by atoms with van der Waals surface area (Å²) in [5.74, 6) is 0.580. The second-order valence-corrected chi connectivity index (χ2v) is 6.67. The summed E-state index contributed by atoms with van der Waals surface area (Å²) >= 11 is 0. The van der Waals surface area contributed by atoms with Crippen molar-refractivity contribution in [3.63, 3.8) is 0 Å². The van der Waals surface area contributed by atoms with Crippen molar-refractivity contribution in [2.75, 3.05) is 0 Å². The van der Waals surface area contributed by atoms with E-state index in [2.05, 4.69) is 74.6 Å². The van der Waals surface area contributed by atoms with Crippen molar-refractivity contribution in [3.05, 3.63) is 70.8 Å². The van der Waals surface area contributed by atoms with Gasteiger partial charge >= 0.3 is 0 Å². The van der Waals surface area contributed by atoms with Crippen molar-refractivity contribution >= 4 is 0 Å². The third-order valence-electron chi connectivity index (χ3n) is 4.90. The molecule has 0 spiro atoms. The van der Waals surface area contributed by atoms with Crippen LogP contribution in [0.4, 0.5) is 0 Å². The molecule has 2 heteroatoms. The average Bonchev–Trinajstić information content (AvgIpc) is 2.64. The van der Waals surface area contributed by atoms with E-state index in [1.54, 1.807) is 0 Å². The SMILES string of the molecule is CCCCc1ccccc1C(N)NCc1ccccc1C(C)CC. The summed E-state index contributed by atoms with van der Waals surface area (Å²) in [5, 5.41) is 3.53. The predicted octanol–water partition coefficient (Wildman–Crippen LogP) is 5.29. The van der Waals surface area contributed by atoms with Crippen molar-refractivity contribution in [2.24, 2.45) is 5.73 Å². The highest BCUT2D eigenvalue weighted by molar-refractivity contribution is 5.32. The Kier molecular flexibility index (Phi) is 7.48. The summed E-state index contributed by atoms with van der Waals surface area (Å²) in [6.45, 7) is 7.57. The minimum atomic E-state index is -0.122. The van der Waals surface area contributed by atoms with Crippen LogP contribution in [-0.4, -0.2) is 0 Å². The lowest BCUT2D eigenvalue weighted by Crippen LogP contribution is -2.29. The number of nitrogens with one attached hydrogen (secondary N) is 1. The molecule has 0 aromatic heterocycles. The van der Waals surface area contributed by atoms with Gasteiger partial charge in [-0.15, -0.1) is 0 Å². The van der Waals surface area contributed by atoms with E-state index in [4.69, 9.17) is 5.73 Å². The zero-order valence-corrected chi connectivity index (χ0v) is 15.4. The molecule has 0 amide bonds. The van der Waals surface area contributed by atoms with Gasteiger partial charge in [0.05, 0.1) is 6.17 Å². The van der Waals surface area contributed by atoms with E-state index in [-0.39, 0.29) is 6.17 Å². The molecule has 2 aromatic rings. The molecule has 2 unspecified atom stereocenters. The van der Waals surface area contributed by atoms with Gasteiger partial charge in [-0.05, 0) is 47.4 Å². The Morgan fingerprint density at radius 1 is 0.917 bits per heavy atom. The Morgan fingerprint density at radius 2 is 1.54 bits per heavy atom. The molecule has 2 atom stereocenters. The van der Waals surface area contributed by atoms with E-state index < -0.39 is 0 Å². The van der Waals surface area contributed by atoms with Crippen molar-refractivity contribution in [2.45, 2.75) is 65.1 Å². The first-order chi connectivity index (χ1) is 11.7. The minimum Gasteiger partial charge on any atom is -0.312 e. The van der Waals surface area contributed by atoms with Gasteiger partial charge in [0.25, 0.3) is 0 Å². The predicted molar refractivity (Wildman–Crippen MR) is 104 cm³/mol. The molecule has 0 fully saturated rings. The van der Waals surface area contributed by atoms with E-state index in [0.29, 0.717) is 5.92 Å². The summed E-state index contributed by atoms with van der Waals surface area (Å²) in [7, 11) is 0. The highest BCUT2D eigenvalue weighted by atomic mass is 15.0. The number of rotatable bonds is 9. The third kappa shape index (κ3) is 4.93. The maximum atomic E-state index is 6.46. The fourth-order valence-corrected chi connectivity index (χ4v) is 3.16. The van der Waals surface area contributed by atoms with Gasteiger partial charge in [0, 0.05) is 6.54 Å². The van der Waals surface area contributed by atoms with E-state index in [1.807, 2.05) is 0 Å². The second kappa shape index (κ2) is 9.61. The van der Waals surface area contributed by atoms with Crippen LogP contribution >= 0.6 is 0 Å². The zero-order chi connectivity index (χ0) is 17.4. The van der Waals surface area contributed by atoms with Crippen LogP contribution in [0.25, 0.3) is 0 Å². The number of hydrogen-bond donors (Lipinski definition) is 2. The Morgan fingerprint density at radius 3 is 2.21 bits per heavy atom. The number of nitrogens with two attached hydrogens (primary N) is 1. The molecule has 0 aliphatic carbocycles. The van der Waals surface area contributed by atoms with Gasteiger partial charge < -0.3 is 5.73 Å². The Hall–Kier alpha value is -1.64. The molecule has 0 radical (unpaired) electrons. The van der Waals surface area contributed by atoms with Crippen LogP contribution in [0.15, 0.2) is 48.5 Å². The number of aryl methyl sites for hydroxylation is 1. The second-order valence-electron chi connectivity index (χ2n) is 6.67. The van der Waals surface area contributed by atoms with Crippen molar-refractivity contribution in [1.29, 1.82) is 0 Å². The van der Waals surface area contributed by atoms with E-state index in [0.717, 1.165) is 19.4 Å². The molecule has 0 heterocycles. The van der Waals surface area contributed by atoms with E-state index >= 15 is 0 Å². The summed E-state index contributed by atoms with van der Waals surface area (Å²) in [6, 6.07) is 17.3. The first-order valence-electron chi connectivity index (χ1n) is 9.31. The monoisotopic (exact) mass is 324 g/mol. The van der Waals surface area contributed by atoms with Crippen LogP contribution in [0, 0.1) is 0 Å². The molecule has 3 N–H and O–H groups in total. The minimum absolute atomic E-state index is 0.122. The van der Waals surface area contributed by atoms with Gasteiger partial charge in [-0.25, -0.2) is 0 Å². The number of hydrogen-bond acceptors (Lipinski definition) is 2. The van der Waals surface area contributed by atoms with Crippen LogP contribution in [0.1, 0.15) is 74.4 Å². The quantitative estimate of drug-likeness (QED) is 0.615. The fourth-order valence-electron chi connectivity index (χ4n) is 3.16. The van der Waals surface area contributed by atoms with E-state index in [9.17, 15) is 0 Å². The van der Waals surface area contributed by atoms with Crippen LogP contribution in [-0.2, 0) is 13.0 Å². The van der Waals surface area contributed by atoms with Gasteiger partial charge in [-0.1, -0.05) is 75.7 Å². The summed E-state index contributed by atoms with van der Waals surface area (Å²) in [5.41, 5.74) is 11.8. The summed E-state index contributed by atoms with van der Waals surface area (Å²) in [6.07, 6.45) is 4.55. The number of benzene rings is 2. The first kappa shape index (κ1) is 18.7. The van der Waals surface area contributed by atoms with Gasteiger partial charge in [-0.2, -0.15) is 0 Å². The van der Waals surface area contributed by atoms with Crippen molar-refractivity contribution < 1.29 is 0 Å². The maximum Gasteiger partial charge on any atom is 0.0815 e. The van der Waals surface area contributed by atoms with Crippen molar-refractivity contribution in [1.82, 2.24) is 5.32 Å². The largest absolute Gasteiger partial charge is 0.312 e. The van der Waals surface area contributed by atoms with Crippen LogP contribution < -0.4 is 11.1 Å². The molecule has 0 bridgehead atoms. The topological polar surface area (TPSA) is 38.0 Å². The lowest BCUT2D eigenvalue weighted by molar-refractivity contribution is 0.542. The Labute approximate surface area is 147 Å². The fraction of sp³-hybridized carbons (Fsp3) is 0.455. The lowest BCUT2D eigenvalue weighted by Gasteiger charge is -2.20. The summed E-state index contributed by atoms with van der Waals surface area (Å²) in [4.78, 5) is 0. The van der Waals surface area contributed by atoms with E-state index in [1.165, 1.54) is 35.1 Å². The highest BCUT2D eigenvalue weighted by Gasteiger charge is 2.12. The average molecular weight is 325 g/mol. The third-order valence-corrected chi connectivity index (χ3v) is 4.90. The molecule has 2 nitrogen and oxygen atoms in total. The molecule has 24 heavy (non-hydrogen) atoms. The van der Waals surface area contributed by atoms with Crippen LogP contribution in [0.2, 0.25) is 0 Å².